The Balaban J connectivity index is -0.000000490. The number of carboxylic acids is 2. The standard InChI is InChI=1S/C7H14O8.C7H13O8.Fe/c2*8-1-2(9)3(10)4(11)5(12)6(13)7(14)15;/h2-6,8-13H,1H2,(H,14,15);2-6,9-13H,1H2,(H,14,15);/q;-1;+2/p-2. The molecule has 0 aromatic rings. The van der Waals surface area contributed by atoms with Gasteiger partial charge in [-0.1, -0.05) is 0 Å². The van der Waals surface area contributed by atoms with Crippen molar-refractivity contribution in [2.75, 3.05) is 13.2 Å². The summed E-state index contributed by atoms with van der Waals surface area (Å²) in [6.45, 7) is -2.04. The molecule has 0 radical (unpaired) electrons. The molecular weight excluding hydrogens is 480 g/mol. The average Bonchev–Trinajstić information content (AvgIpc) is 2.73. The van der Waals surface area contributed by atoms with Crippen molar-refractivity contribution >= 4 is 11.9 Å². The fourth-order valence-electron chi connectivity index (χ4n) is 1.72. The molecule has 0 bridgehead atoms. The third kappa shape index (κ3) is 11.4. The van der Waals surface area contributed by atoms with Crippen LogP contribution in [-0.2, 0) is 26.7 Å². The summed E-state index contributed by atoms with van der Waals surface area (Å²) in [5.74, 6) is -4.09. The van der Waals surface area contributed by atoms with E-state index in [1.807, 2.05) is 0 Å². The fourth-order valence-corrected chi connectivity index (χ4v) is 1.72. The zero-order chi connectivity index (χ0) is 24.3. The van der Waals surface area contributed by atoms with Gasteiger partial charge in [0.1, 0.15) is 54.9 Å². The second-order valence-corrected chi connectivity index (χ2v) is 5.96. The quantitative estimate of drug-likeness (QED) is 0.110. The molecule has 0 heterocycles. The summed E-state index contributed by atoms with van der Waals surface area (Å²) in [5.41, 5.74) is 0. The summed E-state index contributed by atoms with van der Waals surface area (Å²) in [4.78, 5) is 20.2. The van der Waals surface area contributed by atoms with E-state index >= 15 is 0 Å². The zero-order valence-electron chi connectivity index (χ0n) is 15.5. The van der Waals surface area contributed by atoms with Gasteiger partial charge >= 0.3 is 17.1 Å². The van der Waals surface area contributed by atoms with Gasteiger partial charge in [0, 0.05) is 0 Å². The Kier molecular flexibility index (Phi) is 18.5. The monoisotopic (exact) mass is 505 g/mol. The van der Waals surface area contributed by atoms with Gasteiger partial charge in [0.05, 0.1) is 24.6 Å². The molecule has 0 aliphatic rings. The Labute approximate surface area is 185 Å². The maximum Gasteiger partial charge on any atom is 2.00 e. The third-order valence-corrected chi connectivity index (χ3v) is 3.68. The molecule has 10 atom stereocenters. The smallest absolute Gasteiger partial charge is 0.853 e. The SMILES string of the molecule is O=C([O-])C(O)C(O)C(O)C(O)C(O)CO.O=C([O-])C(O)C(O)C(O)C(O)C(O)C[O-].[Fe+2]. The topological polar surface area (TPSA) is 326 Å². The van der Waals surface area contributed by atoms with Crippen molar-refractivity contribution in [1.29, 1.82) is 0 Å². The van der Waals surface area contributed by atoms with E-state index in [0.717, 1.165) is 0 Å². The van der Waals surface area contributed by atoms with Gasteiger partial charge in [0.2, 0.25) is 0 Å². The van der Waals surface area contributed by atoms with Crippen LogP contribution in [0.5, 0.6) is 0 Å². The summed E-state index contributed by atoms with van der Waals surface area (Å²) in [6, 6.07) is 0. The molecular formula is C14H25FeO16-. The molecule has 0 spiro atoms. The molecule has 11 N–H and O–H groups in total. The Morgan fingerprint density at radius 2 is 0.871 bits per heavy atom. The van der Waals surface area contributed by atoms with Crippen LogP contribution in [0.2, 0.25) is 0 Å². The number of aliphatic hydroxyl groups excluding tert-OH is 11. The van der Waals surface area contributed by atoms with Gasteiger partial charge in [-0.15, -0.1) is 6.61 Å². The van der Waals surface area contributed by atoms with Crippen LogP contribution >= 0.6 is 0 Å². The van der Waals surface area contributed by atoms with Crippen molar-refractivity contribution in [2.45, 2.75) is 61.0 Å². The molecule has 17 heteroatoms. The average molecular weight is 505 g/mol. The second-order valence-electron chi connectivity index (χ2n) is 5.96. The zero-order valence-corrected chi connectivity index (χ0v) is 16.6. The van der Waals surface area contributed by atoms with E-state index in [0.29, 0.717) is 0 Å². The first-order valence-corrected chi connectivity index (χ1v) is 8.06. The predicted molar refractivity (Wildman–Crippen MR) is 82.0 cm³/mol. The van der Waals surface area contributed by atoms with Gasteiger partial charge in [-0.3, -0.25) is 0 Å². The first-order chi connectivity index (χ1) is 13.6. The van der Waals surface area contributed by atoms with E-state index in [-0.39, 0.29) is 17.1 Å². The molecule has 186 valence electrons. The van der Waals surface area contributed by atoms with Crippen molar-refractivity contribution in [3.05, 3.63) is 0 Å². The maximum atomic E-state index is 10.1. The molecule has 0 saturated heterocycles. The van der Waals surface area contributed by atoms with Crippen LogP contribution in [0.1, 0.15) is 0 Å². The first kappa shape index (κ1) is 34.6. The predicted octanol–water partition coefficient (Wildman–Crippen LogP) is -11.6. The van der Waals surface area contributed by atoms with Gasteiger partial charge < -0.3 is 81.1 Å². The minimum Gasteiger partial charge on any atom is -0.853 e. The van der Waals surface area contributed by atoms with E-state index in [1.54, 1.807) is 0 Å². The molecule has 0 aliphatic heterocycles. The minimum atomic E-state index is -2.42. The van der Waals surface area contributed by atoms with Gasteiger partial charge in [-0.25, -0.2) is 0 Å². The summed E-state index contributed by atoms with van der Waals surface area (Å²) >= 11 is 0. The number of hydrogen-bond donors (Lipinski definition) is 11. The molecule has 0 fully saturated rings. The largest absolute Gasteiger partial charge is 2.00 e. The molecule has 0 saturated carbocycles. The normalized spacial score (nSPS) is 20.8. The summed E-state index contributed by atoms with van der Waals surface area (Å²) in [7, 11) is 0. The number of hydrogen-bond acceptors (Lipinski definition) is 16. The second kappa shape index (κ2) is 16.6. The summed E-state index contributed by atoms with van der Waals surface area (Å²) in [6.07, 6.45) is -21.3. The van der Waals surface area contributed by atoms with Crippen molar-refractivity contribution in [3.63, 3.8) is 0 Å². The molecule has 10 unspecified atom stereocenters. The van der Waals surface area contributed by atoms with Crippen molar-refractivity contribution in [3.8, 4) is 0 Å². The maximum absolute atomic E-state index is 10.1. The molecule has 16 nitrogen and oxygen atoms in total. The van der Waals surface area contributed by atoms with Crippen LogP contribution in [0.4, 0.5) is 0 Å². The van der Waals surface area contributed by atoms with Gasteiger partial charge in [0.25, 0.3) is 0 Å². The Hall–Kier alpha value is -1.02. The number of carbonyl (C=O) groups is 2. The Morgan fingerprint density at radius 1 is 0.581 bits per heavy atom. The van der Waals surface area contributed by atoms with Crippen LogP contribution in [0.15, 0.2) is 0 Å². The van der Waals surface area contributed by atoms with Crippen LogP contribution in [-0.4, -0.2) is 142 Å². The van der Waals surface area contributed by atoms with Gasteiger partial charge in [-0.05, 0) is 0 Å². The van der Waals surface area contributed by atoms with Gasteiger partial charge in [0.15, 0.2) is 0 Å². The number of aliphatic hydroxyl groups is 11. The molecule has 0 amide bonds. The molecule has 0 rings (SSSR count). The van der Waals surface area contributed by atoms with Crippen molar-refractivity contribution < 1.29 is 98.1 Å². The van der Waals surface area contributed by atoms with Gasteiger partial charge in [-0.2, -0.15) is 0 Å². The summed E-state index contributed by atoms with van der Waals surface area (Å²) < 4.78 is 0. The Bertz CT molecular complexity index is 465. The molecule has 0 aromatic carbocycles. The number of rotatable bonds is 12. The van der Waals surface area contributed by atoms with Crippen molar-refractivity contribution in [2.24, 2.45) is 0 Å². The van der Waals surface area contributed by atoms with Crippen LogP contribution in [0.25, 0.3) is 0 Å². The number of aliphatic carboxylic acids is 2. The number of carboxylic acid groups (broad SMARTS) is 2. The van der Waals surface area contributed by atoms with E-state index in [4.69, 9.17) is 56.2 Å². The Morgan fingerprint density at radius 3 is 1.10 bits per heavy atom. The fraction of sp³-hybridized carbons (Fsp3) is 0.857. The van der Waals surface area contributed by atoms with E-state index in [1.165, 1.54) is 0 Å². The number of carbonyl (C=O) groups excluding carboxylic acids is 2. The van der Waals surface area contributed by atoms with Crippen LogP contribution in [0.3, 0.4) is 0 Å². The molecule has 31 heavy (non-hydrogen) atoms. The molecule has 0 aliphatic carbocycles. The van der Waals surface area contributed by atoms with E-state index in [2.05, 4.69) is 0 Å². The minimum absolute atomic E-state index is 0. The van der Waals surface area contributed by atoms with Crippen LogP contribution < -0.4 is 15.3 Å². The van der Waals surface area contributed by atoms with Crippen molar-refractivity contribution in [1.82, 2.24) is 0 Å². The van der Waals surface area contributed by atoms with Crippen LogP contribution in [0, 0.1) is 0 Å². The summed E-state index contributed by atoms with van der Waals surface area (Å²) in [5, 5.41) is 128. The van der Waals surface area contributed by atoms with E-state index in [9.17, 15) is 24.9 Å². The first-order valence-electron chi connectivity index (χ1n) is 8.06. The van der Waals surface area contributed by atoms with E-state index < -0.39 is 86.2 Å². The third-order valence-electron chi connectivity index (χ3n) is 3.68. The molecule has 0 aromatic heterocycles.